The molecule has 1 N–H and O–H groups in total. The number of halogens is 3. The van der Waals surface area contributed by atoms with Crippen molar-refractivity contribution in [3.63, 3.8) is 0 Å². The SMILES string of the molecule is CNCC1CCCOC1c1ccccc1C(F)(F)F. The van der Waals surface area contributed by atoms with Gasteiger partial charge < -0.3 is 10.1 Å². The largest absolute Gasteiger partial charge is 0.416 e. The van der Waals surface area contributed by atoms with Crippen LogP contribution in [0.4, 0.5) is 13.2 Å². The summed E-state index contributed by atoms with van der Waals surface area (Å²) in [5, 5.41) is 3.03. The molecular weight excluding hydrogens is 255 g/mol. The van der Waals surface area contributed by atoms with Crippen LogP contribution in [0.15, 0.2) is 24.3 Å². The molecule has 0 spiro atoms. The zero-order valence-electron chi connectivity index (χ0n) is 10.8. The normalized spacial score (nSPS) is 24.4. The van der Waals surface area contributed by atoms with Gasteiger partial charge in [0.2, 0.25) is 0 Å². The van der Waals surface area contributed by atoms with Crippen LogP contribution in [0.2, 0.25) is 0 Å². The van der Waals surface area contributed by atoms with Gasteiger partial charge in [0, 0.05) is 19.1 Å². The topological polar surface area (TPSA) is 21.3 Å². The summed E-state index contributed by atoms with van der Waals surface area (Å²) in [6.45, 7) is 1.19. The molecular formula is C14H18F3NO. The predicted octanol–water partition coefficient (Wildman–Crippen LogP) is 3.39. The zero-order chi connectivity index (χ0) is 13.9. The maximum absolute atomic E-state index is 13.0. The predicted molar refractivity (Wildman–Crippen MR) is 66.8 cm³/mol. The summed E-state index contributed by atoms with van der Waals surface area (Å²) in [7, 11) is 1.81. The summed E-state index contributed by atoms with van der Waals surface area (Å²) in [6.07, 6.45) is -3.02. The highest BCUT2D eigenvalue weighted by atomic mass is 19.4. The van der Waals surface area contributed by atoms with Crippen molar-refractivity contribution in [3.05, 3.63) is 35.4 Å². The molecule has 1 aromatic rings. The van der Waals surface area contributed by atoms with Crippen molar-refractivity contribution >= 4 is 0 Å². The monoisotopic (exact) mass is 273 g/mol. The van der Waals surface area contributed by atoms with E-state index >= 15 is 0 Å². The van der Waals surface area contributed by atoms with E-state index in [9.17, 15) is 13.2 Å². The van der Waals surface area contributed by atoms with E-state index in [1.807, 2.05) is 0 Å². The van der Waals surface area contributed by atoms with Crippen LogP contribution in [0.3, 0.4) is 0 Å². The third-order valence-corrected chi connectivity index (χ3v) is 3.48. The molecule has 1 aromatic carbocycles. The Morgan fingerprint density at radius 3 is 2.74 bits per heavy atom. The van der Waals surface area contributed by atoms with E-state index in [0.717, 1.165) is 18.9 Å². The highest BCUT2D eigenvalue weighted by Crippen LogP contribution is 2.40. The molecule has 2 unspecified atom stereocenters. The molecule has 0 saturated carbocycles. The minimum atomic E-state index is -4.33. The van der Waals surface area contributed by atoms with Crippen molar-refractivity contribution < 1.29 is 17.9 Å². The molecule has 0 aromatic heterocycles. The number of benzene rings is 1. The van der Waals surface area contributed by atoms with E-state index in [4.69, 9.17) is 4.74 Å². The first-order valence-corrected chi connectivity index (χ1v) is 6.46. The summed E-state index contributed by atoms with van der Waals surface area (Å²) >= 11 is 0. The Labute approximate surface area is 111 Å². The van der Waals surface area contributed by atoms with Gasteiger partial charge in [-0.25, -0.2) is 0 Å². The Balaban J connectivity index is 2.33. The number of hydrogen-bond donors (Lipinski definition) is 1. The van der Waals surface area contributed by atoms with Crippen molar-refractivity contribution in [1.82, 2.24) is 5.32 Å². The fraction of sp³-hybridized carbons (Fsp3) is 0.571. The zero-order valence-corrected chi connectivity index (χ0v) is 10.8. The van der Waals surface area contributed by atoms with Crippen LogP contribution in [0.1, 0.15) is 30.1 Å². The van der Waals surface area contributed by atoms with Crippen molar-refractivity contribution in [1.29, 1.82) is 0 Å². The molecule has 19 heavy (non-hydrogen) atoms. The van der Waals surface area contributed by atoms with Gasteiger partial charge in [0.15, 0.2) is 0 Å². The summed E-state index contributed by atoms with van der Waals surface area (Å²) < 4.78 is 44.8. The van der Waals surface area contributed by atoms with Gasteiger partial charge in [-0.15, -0.1) is 0 Å². The molecule has 1 aliphatic rings. The highest BCUT2D eigenvalue weighted by molar-refractivity contribution is 5.32. The van der Waals surface area contributed by atoms with Crippen LogP contribution in [0.5, 0.6) is 0 Å². The van der Waals surface area contributed by atoms with Crippen molar-refractivity contribution in [2.45, 2.75) is 25.1 Å². The van der Waals surface area contributed by atoms with Crippen LogP contribution in [-0.2, 0) is 10.9 Å². The van der Waals surface area contributed by atoms with Crippen LogP contribution >= 0.6 is 0 Å². The number of nitrogens with one attached hydrogen (secondary N) is 1. The van der Waals surface area contributed by atoms with Gasteiger partial charge in [-0.05, 0) is 31.5 Å². The molecule has 106 valence electrons. The second kappa shape index (κ2) is 5.92. The summed E-state index contributed by atoms with van der Waals surface area (Å²) in [4.78, 5) is 0. The number of ether oxygens (including phenoxy) is 1. The molecule has 1 fully saturated rings. The van der Waals surface area contributed by atoms with Crippen LogP contribution in [0.25, 0.3) is 0 Å². The second-order valence-corrected chi connectivity index (χ2v) is 4.84. The van der Waals surface area contributed by atoms with Gasteiger partial charge in [-0.1, -0.05) is 18.2 Å². The molecule has 0 aliphatic carbocycles. The second-order valence-electron chi connectivity index (χ2n) is 4.84. The van der Waals surface area contributed by atoms with E-state index in [2.05, 4.69) is 5.32 Å². The van der Waals surface area contributed by atoms with Crippen LogP contribution < -0.4 is 5.32 Å². The molecule has 1 aliphatic heterocycles. The molecule has 2 atom stereocenters. The molecule has 1 heterocycles. The molecule has 2 rings (SSSR count). The standard InChI is InChI=1S/C14H18F3NO/c1-18-9-10-5-4-8-19-13(10)11-6-2-3-7-12(11)14(15,16)17/h2-3,6-7,10,13,18H,4-5,8-9H2,1H3. The number of alkyl halides is 3. The Bertz CT molecular complexity index is 417. The molecule has 2 nitrogen and oxygen atoms in total. The van der Waals surface area contributed by atoms with E-state index in [1.165, 1.54) is 12.1 Å². The number of hydrogen-bond acceptors (Lipinski definition) is 2. The fourth-order valence-corrected chi connectivity index (χ4v) is 2.66. The van der Waals surface area contributed by atoms with E-state index in [1.54, 1.807) is 13.1 Å². The smallest absolute Gasteiger partial charge is 0.373 e. The maximum atomic E-state index is 13.0. The highest BCUT2D eigenvalue weighted by Gasteiger charge is 2.37. The van der Waals surface area contributed by atoms with Crippen LogP contribution in [-0.4, -0.2) is 20.2 Å². The van der Waals surface area contributed by atoms with Crippen molar-refractivity contribution in [2.75, 3.05) is 20.2 Å². The van der Waals surface area contributed by atoms with Gasteiger partial charge in [0.05, 0.1) is 11.7 Å². The van der Waals surface area contributed by atoms with Gasteiger partial charge in [0.25, 0.3) is 0 Å². The molecule has 0 radical (unpaired) electrons. The third-order valence-electron chi connectivity index (χ3n) is 3.48. The van der Waals surface area contributed by atoms with Crippen LogP contribution in [0, 0.1) is 5.92 Å². The van der Waals surface area contributed by atoms with E-state index < -0.39 is 17.8 Å². The lowest BCUT2D eigenvalue weighted by Crippen LogP contribution is -2.31. The first-order chi connectivity index (χ1) is 9.04. The van der Waals surface area contributed by atoms with Gasteiger partial charge >= 0.3 is 6.18 Å². The Morgan fingerprint density at radius 1 is 1.32 bits per heavy atom. The summed E-state index contributed by atoms with van der Waals surface area (Å²) in [5.41, 5.74) is -0.321. The molecule has 0 amide bonds. The Morgan fingerprint density at radius 2 is 2.05 bits per heavy atom. The first kappa shape index (κ1) is 14.3. The van der Waals surface area contributed by atoms with E-state index in [0.29, 0.717) is 13.2 Å². The third kappa shape index (κ3) is 3.28. The molecule has 0 bridgehead atoms. The van der Waals surface area contributed by atoms with Gasteiger partial charge in [-0.3, -0.25) is 0 Å². The van der Waals surface area contributed by atoms with Crippen molar-refractivity contribution in [2.24, 2.45) is 5.92 Å². The summed E-state index contributed by atoms with van der Waals surface area (Å²) in [5.74, 6) is 0.0854. The Hall–Kier alpha value is -1.07. The first-order valence-electron chi connectivity index (χ1n) is 6.46. The fourth-order valence-electron chi connectivity index (χ4n) is 2.66. The quantitative estimate of drug-likeness (QED) is 0.911. The average Bonchev–Trinajstić information content (AvgIpc) is 2.39. The lowest BCUT2D eigenvalue weighted by molar-refractivity contribution is -0.140. The lowest BCUT2D eigenvalue weighted by atomic mass is 9.87. The lowest BCUT2D eigenvalue weighted by Gasteiger charge is -2.33. The summed E-state index contributed by atoms with van der Waals surface area (Å²) in [6, 6.07) is 5.71. The molecule has 1 saturated heterocycles. The minimum Gasteiger partial charge on any atom is -0.373 e. The average molecular weight is 273 g/mol. The Kier molecular flexibility index (Phi) is 4.47. The number of rotatable bonds is 3. The minimum absolute atomic E-state index is 0.0854. The van der Waals surface area contributed by atoms with Gasteiger partial charge in [-0.2, -0.15) is 13.2 Å². The van der Waals surface area contributed by atoms with Crippen molar-refractivity contribution in [3.8, 4) is 0 Å². The van der Waals surface area contributed by atoms with E-state index in [-0.39, 0.29) is 11.5 Å². The maximum Gasteiger partial charge on any atom is 0.416 e. The van der Waals surface area contributed by atoms with Gasteiger partial charge in [0.1, 0.15) is 0 Å². The molecule has 5 heteroatoms.